The van der Waals surface area contributed by atoms with Crippen LogP contribution in [-0.4, -0.2) is 19.6 Å². The molecule has 1 N–H and O–H groups in total. The predicted octanol–water partition coefficient (Wildman–Crippen LogP) is 3.44. The van der Waals surface area contributed by atoms with Crippen molar-refractivity contribution in [2.24, 2.45) is 0 Å². The number of thiophene rings is 1. The van der Waals surface area contributed by atoms with Crippen LogP contribution in [0.1, 0.15) is 23.3 Å². The summed E-state index contributed by atoms with van der Waals surface area (Å²) < 4.78 is 5.30. The third-order valence-electron chi connectivity index (χ3n) is 3.32. The zero-order valence-corrected chi connectivity index (χ0v) is 13.1. The van der Waals surface area contributed by atoms with E-state index in [-0.39, 0.29) is 5.91 Å². The van der Waals surface area contributed by atoms with Crippen molar-refractivity contribution >= 4 is 17.2 Å². The van der Waals surface area contributed by atoms with Crippen LogP contribution < -0.4 is 10.1 Å². The molecule has 21 heavy (non-hydrogen) atoms. The molecule has 0 saturated heterocycles. The molecule has 4 heteroatoms. The normalized spacial score (nSPS) is 10.3. The van der Waals surface area contributed by atoms with E-state index in [1.165, 1.54) is 4.88 Å². The van der Waals surface area contributed by atoms with E-state index in [0.29, 0.717) is 13.0 Å². The SMILES string of the molecule is COc1ccccc1CCNC(=O)CCCc1cccs1. The molecular weight excluding hydrogens is 282 g/mol. The molecule has 2 rings (SSSR count). The van der Waals surface area contributed by atoms with Gasteiger partial charge in [-0.2, -0.15) is 0 Å². The highest BCUT2D eigenvalue weighted by molar-refractivity contribution is 7.09. The number of benzene rings is 1. The first kappa shape index (κ1) is 15.6. The van der Waals surface area contributed by atoms with Crippen molar-refractivity contribution in [3.63, 3.8) is 0 Å². The maximum absolute atomic E-state index is 11.8. The molecule has 1 heterocycles. The van der Waals surface area contributed by atoms with E-state index in [1.54, 1.807) is 18.4 Å². The van der Waals surface area contributed by atoms with Gasteiger partial charge in [0.1, 0.15) is 5.75 Å². The van der Waals surface area contributed by atoms with Crippen molar-refractivity contribution < 1.29 is 9.53 Å². The minimum absolute atomic E-state index is 0.126. The Morgan fingerprint density at radius 3 is 2.81 bits per heavy atom. The van der Waals surface area contributed by atoms with E-state index in [2.05, 4.69) is 16.8 Å². The van der Waals surface area contributed by atoms with Crippen LogP contribution in [0.4, 0.5) is 0 Å². The number of methoxy groups -OCH3 is 1. The second-order valence-electron chi connectivity index (χ2n) is 4.84. The summed E-state index contributed by atoms with van der Waals surface area (Å²) in [5.41, 5.74) is 1.12. The fraction of sp³-hybridized carbons (Fsp3) is 0.353. The number of para-hydroxylation sites is 1. The van der Waals surface area contributed by atoms with Crippen LogP contribution in [-0.2, 0) is 17.6 Å². The third-order valence-corrected chi connectivity index (χ3v) is 4.25. The maximum atomic E-state index is 11.8. The summed E-state index contributed by atoms with van der Waals surface area (Å²) in [6, 6.07) is 12.1. The Morgan fingerprint density at radius 1 is 1.19 bits per heavy atom. The summed E-state index contributed by atoms with van der Waals surface area (Å²) in [7, 11) is 1.67. The summed E-state index contributed by atoms with van der Waals surface area (Å²) >= 11 is 1.75. The molecule has 112 valence electrons. The van der Waals surface area contributed by atoms with Gasteiger partial charge in [-0.3, -0.25) is 4.79 Å². The molecule has 0 saturated carbocycles. The van der Waals surface area contributed by atoms with Gasteiger partial charge in [-0.05, 0) is 42.3 Å². The highest BCUT2D eigenvalue weighted by atomic mass is 32.1. The van der Waals surface area contributed by atoms with Crippen molar-refractivity contribution in [1.82, 2.24) is 5.32 Å². The van der Waals surface area contributed by atoms with Gasteiger partial charge in [0.15, 0.2) is 0 Å². The van der Waals surface area contributed by atoms with E-state index in [9.17, 15) is 4.79 Å². The first-order chi connectivity index (χ1) is 10.3. The fourth-order valence-electron chi connectivity index (χ4n) is 2.21. The zero-order valence-electron chi connectivity index (χ0n) is 12.3. The molecule has 0 bridgehead atoms. The molecule has 1 aromatic carbocycles. The van der Waals surface area contributed by atoms with Gasteiger partial charge in [-0.15, -0.1) is 11.3 Å². The van der Waals surface area contributed by atoms with Gasteiger partial charge in [0.05, 0.1) is 7.11 Å². The van der Waals surface area contributed by atoms with Crippen LogP contribution in [0.25, 0.3) is 0 Å². The van der Waals surface area contributed by atoms with E-state index in [4.69, 9.17) is 4.74 Å². The number of carbonyl (C=O) groups excluding carboxylic acids is 1. The summed E-state index contributed by atoms with van der Waals surface area (Å²) in [6.45, 7) is 0.651. The molecule has 0 atom stereocenters. The lowest BCUT2D eigenvalue weighted by Gasteiger charge is -2.09. The van der Waals surface area contributed by atoms with E-state index < -0.39 is 0 Å². The molecule has 2 aromatic rings. The Hall–Kier alpha value is -1.81. The zero-order chi connectivity index (χ0) is 14.9. The van der Waals surface area contributed by atoms with Crippen molar-refractivity contribution in [3.8, 4) is 5.75 Å². The monoisotopic (exact) mass is 303 g/mol. The Kier molecular flexibility index (Phi) is 6.28. The van der Waals surface area contributed by atoms with Crippen molar-refractivity contribution in [2.75, 3.05) is 13.7 Å². The van der Waals surface area contributed by atoms with E-state index >= 15 is 0 Å². The molecule has 0 aliphatic heterocycles. The molecule has 0 radical (unpaired) electrons. The molecule has 3 nitrogen and oxygen atoms in total. The summed E-state index contributed by atoms with van der Waals surface area (Å²) in [5.74, 6) is 1.01. The smallest absolute Gasteiger partial charge is 0.220 e. The van der Waals surface area contributed by atoms with Gasteiger partial charge in [0.2, 0.25) is 5.91 Å². The number of nitrogens with one attached hydrogen (secondary N) is 1. The standard InChI is InChI=1S/C17H21NO2S/c1-20-16-9-3-2-6-14(16)11-12-18-17(19)10-4-7-15-8-5-13-21-15/h2-3,5-6,8-9,13H,4,7,10-12H2,1H3,(H,18,19). The number of hydrogen-bond acceptors (Lipinski definition) is 3. The van der Waals surface area contributed by atoms with Crippen LogP contribution in [0, 0.1) is 0 Å². The fourth-order valence-corrected chi connectivity index (χ4v) is 2.96. The minimum Gasteiger partial charge on any atom is -0.496 e. The molecule has 1 aromatic heterocycles. The average molecular weight is 303 g/mol. The number of amides is 1. The third kappa shape index (κ3) is 5.23. The summed E-state index contributed by atoms with van der Waals surface area (Å²) in [6.07, 6.45) is 3.27. The lowest BCUT2D eigenvalue weighted by molar-refractivity contribution is -0.121. The van der Waals surface area contributed by atoms with Crippen LogP contribution in [0.3, 0.4) is 0 Å². The Morgan fingerprint density at radius 2 is 2.05 bits per heavy atom. The highest BCUT2D eigenvalue weighted by Crippen LogP contribution is 2.17. The second kappa shape index (κ2) is 8.47. The summed E-state index contributed by atoms with van der Waals surface area (Å²) in [4.78, 5) is 13.1. The molecule has 0 unspecified atom stereocenters. The number of carbonyl (C=O) groups is 1. The molecular formula is C17H21NO2S. The van der Waals surface area contributed by atoms with E-state index in [0.717, 1.165) is 30.6 Å². The Bertz CT molecular complexity index is 552. The van der Waals surface area contributed by atoms with Crippen LogP contribution in [0.15, 0.2) is 41.8 Å². The van der Waals surface area contributed by atoms with Gasteiger partial charge in [-0.1, -0.05) is 24.3 Å². The quantitative estimate of drug-likeness (QED) is 0.811. The molecule has 0 aliphatic rings. The lowest BCUT2D eigenvalue weighted by atomic mass is 10.1. The van der Waals surface area contributed by atoms with Gasteiger partial charge < -0.3 is 10.1 Å². The van der Waals surface area contributed by atoms with Crippen molar-refractivity contribution in [3.05, 3.63) is 52.2 Å². The largest absolute Gasteiger partial charge is 0.496 e. The van der Waals surface area contributed by atoms with Crippen LogP contribution in [0.2, 0.25) is 0 Å². The minimum atomic E-state index is 0.126. The molecule has 0 fully saturated rings. The van der Waals surface area contributed by atoms with Crippen molar-refractivity contribution in [2.45, 2.75) is 25.7 Å². The van der Waals surface area contributed by atoms with Gasteiger partial charge in [-0.25, -0.2) is 0 Å². The number of ether oxygens (including phenoxy) is 1. The molecule has 0 aliphatic carbocycles. The van der Waals surface area contributed by atoms with E-state index in [1.807, 2.05) is 30.3 Å². The average Bonchev–Trinajstić information content (AvgIpc) is 3.01. The van der Waals surface area contributed by atoms with Gasteiger partial charge >= 0.3 is 0 Å². The van der Waals surface area contributed by atoms with Gasteiger partial charge in [0, 0.05) is 17.8 Å². The number of aryl methyl sites for hydroxylation is 1. The molecule has 1 amide bonds. The Balaban J connectivity index is 1.65. The van der Waals surface area contributed by atoms with Gasteiger partial charge in [0.25, 0.3) is 0 Å². The first-order valence-corrected chi connectivity index (χ1v) is 8.08. The number of rotatable bonds is 8. The van der Waals surface area contributed by atoms with Crippen molar-refractivity contribution in [1.29, 1.82) is 0 Å². The predicted molar refractivity (Wildman–Crippen MR) is 87.0 cm³/mol. The van der Waals surface area contributed by atoms with Crippen LogP contribution >= 0.6 is 11.3 Å². The maximum Gasteiger partial charge on any atom is 0.220 e. The first-order valence-electron chi connectivity index (χ1n) is 7.20. The number of hydrogen-bond donors (Lipinski definition) is 1. The lowest BCUT2D eigenvalue weighted by Crippen LogP contribution is -2.25. The van der Waals surface area contributed by atoms with Crippen LogP contribution in [0.5, 0.6) is 5.75 Å². The topological polar surface area (TPSA) is 38.3 Å². The molecule has 0 spiro atoms. The Labute approximate surface area is 130 Å². The highest BCUT2D eigenvalue weighted by Gasteiger charge is 2.04. The summed E-state index contributed by atoms with van der Waals surface area (Å²) in [5, 5.41) is 5.04. The second-order valence-corrected chi connectivity index (χ2v) is 5.88.